The van der Waals surface area contributed by atoms with Crippen molar-refractivity contribution in [3.05, 3.63) is 53.7 Å². The van der Waals surface area contributed by atoms with Crippen molar-refractivity contribution in [1.29, 1.82) is 0 Å². The summed E-state index contributed by atoms with van der Waals surface area (Å²) in [6.07, 6.45) is 1.60. The van der Waals surface area contributed by atoms with Gasteiger partial charge in [0.1, 0.15) is 5.75 Å². The van der Waals surface area contributed by atoms with Gasteiger partial charge in [-0.1, -0.05) is 6.07 Å². The minimum atomic E-state index is -3.61. The Balaban J connectivity index is 1.97. The summed E-state index contributed by atoms with van der Waals surface area (Å²) in [5.41, 5.74) is 0.702. The number of fused-ring (bicyclic) bond motifs is 1. The fourth-order valence-electron chi connectivity index (χ4n) is 2.25. The molecule has 0 spiro atoms. The fourth-order valence-corrected chi connectivity index (χ4v) is 3.56. The highest BCUT2D eigenvalue weighted by Crippen LogP contribution is 2.63. The average molecular weight is 335 g/mol. The van der Waals surface area contributed by atoms with Crippen LogP contribution in [0.5, 0.6) is 11.6 Å². The molecule has 0 amide bonds. The van der Waals surface area contributed by atoms with Gasteiger partial charge in [0.05, 0.1) is 5.56 Å². The van der Waals surface area contributed by atoms with Crippen LogP contribution in [0.3, 0.4) is 0 Å². The van der Waals surface area contributed by atoms with E-state index in [-0.39, 0.29) is 0 Å². The van der Waals surface area contributed by atoms with Gasteiger partial charge in [-0.3, -0.25) is 4.57 Å². The lowest BCUT2D eigenvalue weighted by atomic mass is 10.1. The van der Waals surface area contributed by atoms with Crippen molar-refractivity contribution < 1.29 is 27.9 Å². The van der Waals surface area contributed by atoms with E-state index in [1.54, 1.807) is 42.6 Å². The minimum absolute atomic E-state index is 0.303. The summed E-state index contributed by atoms with van der Waals surface area (Å²) in [6, 6.07) is 9.99. The second-order valence-corrected chi connectivity index (χ2v) is 6.96. The van der Waals surface area contributed by atoms with Gasteiger partial charge >= 0.3 is 13.6 Å². The molecule has 2 aromatic rings. The SMILES string of the molecule is COP(=O)(OC)C1OC(=O)c2ccc(Oc3ccccn3)cc21. The maximum Gasteiger partial charge on any atom is 0.375 e. The van der Waals surface area contributed by atoms with E-state index in [1.165, 1.54) is 14.2 Å². The first kappa shape index (κ1) is 15.7. The molecule has 2 heterocycles. The number of nitrogens with zero attached hydrogens (tertiary/aromatic N) is 1. The van der Waals surface area contributed by atoms with Crippen molar-refractivity contribution in [3.63, 3.8) is 0 Å². The molecule has 0 N–H and O–H groups in total. The van der Waals surface area contributed by atoms with E-state index in [2.05, 4.69) is 4.98 Å². The van der Waals surface area contributed by atoms with Gasteiger partial charge in [0.2, 0.25) is 11.7 Å². The van der Waals surface area contributed by atoms with Crippen LogP contribution in [-0.2, 0) is 18.3 Å². The van der Waals surface area contributed by atoms with Gasteiger partial charge in [0.25, 0.3) is 0 Å². The number of pyridine rings is 1. The lowest BCUT2D eigenvalue weighted by Crippen LogP contribution is -2.03. The molecule has 3 rings (SSSR count). The smallest absolute Gasteiger partial charge is 0.375 e. The molecule has 0 fully saturated rings. The standard InChI is InChI=1S/C15H14NO6P/c1-19-23(18,20-2)15-12-9-10(6-7-11(12)14(17)22-15)21-13-5-3-4-8-16-13/h3-9,15H,1-2H3. The average Bonchev–Trinajstić information content (AvgIpc) is 2.92. The molecule has 1 aliphatic rings. The Morgan fingerprint density at radius 1 is 1.17 bits per heavy atom. The number of hydrogen-bond acceptors (Lipinski definition) is 7. The number of carbonyl (C=O) groups is 1. The van der Waals surface area contributed by atoms with E-state index < -0.39 is 19.4 Å². The molecule has 1 aromatic carbocycles. The monoisotopic (exact) mass is 335 g/mol. The van der Waals surface area contributed by atoms with Crippen molar-refractivity contribution in [2.24, 2.45) is 0 Å². The molecule has 0 saturated heterocycles. The van der Waals surface area contributed by atoms with Crippen LogP contribution in [-0.4, -0.2) is 25.2 Å². The number of ether oxygens (including phenoxy) is 2. The number of aromatic nitrogens is 1. The van der Waals surface area contributed by atoms with E-state index >= 15 is 0 Å². The first-order valence-electron chi connectivity index (χ1n) is 6.72. The number of carbonyl (C=O) groups excluding carboxylic acids is 1. The zero-order chi connectivity index (χ0) is 16.4. The van der Waals surface area contributed by atoms with E-state index in [0.717, 1.165) is 0 Å². The number of hydrogen-bond donors (Lipinski definition) is 0. The topological polar surface area (TPSA) is 84.0 Å². The van der Waals surface area contributed by atoms with Crippen molar-refractivity contribution in [3.8, 4) is 11.6 Å². The first-order chi connectivity index (χ1) is 11.1. The molecule has 0 radical (unpaired) electrons. The predicted octanol–water partition coefficient (Wildman–Crippen LogP) is 3.53. The van der Waals surface area contributed by atoms with Crippen molar-refractivity contribution in [1.82, 2.24) is 4.98 Å². The molecule has 23 heavy (non-hydrogen) atoms. The molecule has 120 valence electrons. The molecule has 0 bridgehead atoms. The van der Waals surface area contributed by atoms with Crippen LogP contribution in [0.4, 0.5) is 0 Å². The van der Waals surface area contributed by atoms with Gasteiger partial charge in [-0.2, -0.15) is 0 Å². The number of esters is 1. The molecule has 1 aromatic heterocycles. The van der Waals surface area contributed by atoms with Gasteiger partial charge < -0.3 is 18.5 Å². The van der Waals surface area contributed by atoms with E-state index in [1.807, 2.05) is 0 Å². The molecule has 0 saturated carbocycles. The Morgan fingerprint density at radius 3 is 2.61 bits per heavy atom. The lowest BCUT2D eigenvalue weighted by molar-refractivity contribution is 0.0456. The normalized spacial score (nSPS) is 16.8. The molecular formula is C15H14NO6P. The zero-order valence-corrected chi connectivity index (χ0v) is 13.4. The van der Waals surface area contributed by atoms with Gasteiger partial charge in [-0.25, -0.2) is 9.78 Å². The van der Waals surface area contributed by atoms with Gasteiger partial charge in [0.15, 0.2) is 0 Å². The van der Waals surface area contributed by atoms with Gasteiger partial charge in [-0.05, 0) is 24.3 Å². The largest absolute Gasteiger partial charge is 0.441 e. The summed E-state index contributed by atoms with van der Waals surface area (Å²) in [5.74, 6) is -0.864. The molecule has 0 aliphatic carbocycles. The molecule has 1 aliphatic heterocycles. The third-order valence-corrected chi connectivity index (χ3v) is 5.36. The second kappa shape index (κ2) is 6.12. The predicted molar refractivity (Wildman–Crippen MR) is 80.5 cm³/mol. The lowest BCUT2D eigenvalue weighted by Gasteiger charge is -2.19. The van der Waals surface area contributed by atoms with Crippen LogP contribution in [0, 0.1) is 0 Å². The summed E-state index contributed by atoms with van der Waals surface area (Å²) in [6.45, 7) is 0. The highest BCUT2D eigenvalue weighted by Gasteiger charge is 2.45. The molecule has 1 atom stereocenters. The number of cyclic esters (lactones) is 1. The highest BCUT2D eigenvalue weighted by molar-refractivity contribution is 7.54. The van der Waals surface area contributed by atoms with E-state index in [0.29, 0.717) is 22.8 Å². The third-order valence-electron chi connectivity index (χ3n) is 3.38. The van der Waals surface area contributed by atoms with Crippen LogP contribution >= 0.6 is 7.60 Å². The first-order valence-corrected chi connectivity index (χ1v) is 8.33. The van der Waals surface area contributed by atoms with Crippen LogP contribution in [0.25, 0.3) is 0 Å². The van der Waals surface area contributed by atoms with Crippen LogP contribution in [0.15, 0.2) is 42.6 Å². The van der Waals surface area contributed by atoms with Gasteiger partial charge in [-0.15, -0.1) is 0 Å². The van der Waals surface area contributed by atoms with Crippen molar-refractivity contribution >= 4 is 13.6 Å². The van der Waals surface area contributed by atoms with E-state index in [9.17, 15) is 9.36 Å². The Hall–Kier alpha value is -2.21. The molecular weight excluding hydrogens is 321 g/mol. The minimum Gasteiger partial charge on any atom is -0.441 e. The van der Waals surface area contributed by atoms with Gasteiger partial charge in [0, 0.05) is 32.0 Å². The molecule has 8 heteroatoms. The van der Waals surface area contributed by atoms with Crippen LogP contribution in [0.2, 0.25) is 0 Å². The quantitative estimate of drug-likeness (QED) is 0.610. The summed E-state index contributed by atoms with van der Waals surface area (Å²) < 4.78 is 33.2. The fraction of sp³-hybridized carbons (Fsp3) is 0.200. The Bertz CT molecular complexity index is 771. The van der Waals surface area contributed by atoms with Crippen LogP contribution in [0.1, 0.15) is 21.8 Å². The summed E-state index contributed by atoms with van der Waals surface area (Å²) in [4.78, 5) is 16.0. The second-order valence-electron chi connectivity index (χ2n) is 4.68. The Morgan fingerprint density at radius 2 is 1.96 bits per heavy atom. The molecule has 1 unspecified atom stereocenters. The molecule has 7 nitrogen and oxygen atoms in total. The summed E-state index contributed by atoms with van der Waals surface area (Å²) in [7, 11) is -1.13. The maximum absolute atomic E-state index is 12.6. The highest BCUT2D eigenvalue weighted by atomic mass is 31.2. The van der Waals surface area contributed by atoms with Crippen molar-refractivity contribution in [2.45, 2.75) is 5.85 Å². The Kier molecular flexibility index (Phi) is 4.17. The number of benzene rings is 1. The summed E-state index contributed by atoms with van der Waals surface area (Å²) >= 11 is 0. The van der Waals surface area contributed by atoms with Crippen LogP contribution < -0.4 is 4.74 Å². The Labute approximate surface area is 132 Å². The van der Waals surface area contributed by atoms with Crippen molar-refractivity contribution in [2.75, 3.05) is 14.2 Å². The maximum atomic E-state index is 12.6. The third kappa shape index (κ3) is 2.86. The number of rotatable bonds is 5. The van der Waals surface area contributed by atoms with E-state index in [4.69, 9.17) is 18.5 Å². The zero-order valence-electron chi connectivity index (χ0n) is 12.5. The summed E-state index contributed by atoms with van der Waals surface area (Å²) in [5, 5.41) is 0.